The van der Waals surface area contributed by atoms with Crippen molar-refractivity contribution < 1.29 is 4.79 Å². The van der Waals surface area contributed by atoms with Gasteiger partial charge in [-0.25, -0.2) is 4.98 Å². The molecule has 1 aromatic heterocycles. The molecular weight excluding hydrogens is 252 g/mol. The number of imidazole rings is 1. The number of nitrogens with one attached hydrogen (secondary N) is 1. The molecule has 1 aliphatic heterocycles. The third-order valence-electron chi connectivity index (χ3n) is 3.61. The monoisotopic (exact) mass is 270 g/mol. The summed E-state index contributed by atoms with van der Waals surface area (Å²) < 4.78 is 1.86. The minimum Gasteiger partial charge on any atom is -0.338 e. The minimum absolute atomic E-state index is 0.0365. The maximum Gasteiger partial charge on any atom is 0.231 e. The number of benzene rings is 1. The Labute approximate surface area is 118 Å². The van der Waals surface area contributed by atoms with Gasteiger partial charge in [0.15, 0.2) is 0 Å². The van der Waals surface area contributed by atoms with E-state index in [9.17, 15) is 4.79 Å². The van der Waals surface area contributed by atoms with Crippen molar-refractivity contribution >= 4 is 11.6 Å². The SMILES string of the molecule is CN1Cc2ccc(NC(=O)Cc3nccn3C)cc2C1. The van der Waals surface area contributed by atoms with E-state index in [1.165, 1.54) is 11.1 Å². The predicted octanol–water partition coefficient (Wildman–Crippen LogP) is 1.55. The Morgan fingerprint density at radius 1 is 1.30 bits per heavy atom. The number of aryl methyl sites for hydroxylation is 1. The highest BCUT2D eigenvalue weighted by Gasteiger charge is 2.16. The molecule has 0 fully saturated rings. The van der Waals surface area contributed by atoms with Crippen molar-refractivity contribution in [3.63, 3.8) is 0 Å². The summed E-state index contributed by atoms with van der Waals surface area (Å²) in [5.74, 6) is 0.731. The second-order valence-corrected chi connectivity index (χ2v) is 5.34. The smallest absolute Gasteiger partial charge is 0.231 e. The zero-order valence-corrected chi connectivity index (χ0v) is 11.8. The van der Waals surface area contributed by atoms with E-state index in [1.807, 2.05) is 23.9 Å². The van der Waals surface area contributed by atoms with Gasteiger partial charge >= 0.3 is 0 Å². The third-order valence-corrected chi connectivity index (χ3v) is 3.61. The average Bonchev–Trinajstić information content (AvgIpc) is 2.94. The van der Waals surface area contributed by atoms with Crippen LogP contribution < -0.4 is 5.32 Å². The highest BCUT2D eigenvalue weighted by atomic mass is 16.1. The molecule has 2 aromatic rings. The summed E-state index contributed by atoms with van der Waals surface area (Å²) in [6.07, 6.45) is 3.84. The van der Waals surface area contributed by atoms with Gasteiger partial charge in [0.2, 0.25) is 5.91 Å². The summed E-state index contributed by atoms with van der Waals surface area (Å²) in [7, 11) is 3.99. The fraction of sp³-hybridized carbons (Fsp3) is 0.333. The molecular formula is C15H18N4O. The van der Waals surface area contributed by atoms with Crippen LogP contribution >= 0.6 is 0 Å². The number of hydrogen-bond acceptors (Lipinski definition) is 3. The van der Waals surface area contributed by atoms with Crippen molar-refractivity contribution in [2.75, 3.05) is 12.4 Å². The van der Waals surface area contributed by atoms with Crippen LogP contribution in [0.5, 0.6) is 0 Å². The number of anilines is 1. The molecule has 0 spiro atoms. The number of aromatic nitrogens is 2. The first kappa shape index (κ1) is 12.9. The van der Waals surface area contributed by atoms with E-state index in [0.29, 0.717) is 6.42 Å². The van der Waals surface area contributed by atoms with Crippen molar-refractivity contribution in [2.45, 2.75) is 19.5 Å². The van der Waals surface area contributed by atoms with Gasteiger partial charge in [-0.1, -0.05) is 6.07 Å². The van der Waals surface area contributed by atoms with Crippen LogP contribution in [-0.4, -0.2) is 27.4 Å². The number of nitrogens with zero attached hydrogens (tertiary/aromatic N) is 3. The Balaban J connectivity index is 1.68. The van der Waals surface area contributed by atoms with Crippen LogP contribution in [0.15, 0.2) is 30.6 Å². The first-order chi connectivity index (χ1) is 9.61. The van der Waals surface area contributed by atoms with Crippen LogP contribution in [0.2, 0.25) is 0 Å². The Kier molecular flexibility index (Phi) is 3.28. The summed E-state index contributed by atoms with van der Waals surface area (Å²) in [5, 5.41) is 2.94. The zero-order chi connectivity index (χ0) is 14.1. The Morgan fingerprint density at radius 3 is 2.85 bits per heavy atom. The summed E-state index contributed by atoms with van der Waals surface area (Å²) >= 11 is 0. The molecule has 0 saturated heterocycles. The third kappa shape index (κ3) is 2.58. The molecule has 1 N–H and O–H groups in total. The number of rotatable bonds is 3. The fourth-order valence-electron chi connectivity index (χ4n) is 2.56. The summed E-state index contributed by atoms with van der Waals surface area (Å²) in [4.78, 5) is 18.4. The lowest BCUT2D eigenvalue weighted by Crippen LogP contribution is -2.16. The van der Waals surface area contributed by atoms with Crippen LogP contribution in [0.3, 0.4) is 0 Å². The van der Waals surface area contributed by atoms with Gasteiger partial charge in [0.25, 0.3) is 0 Å². The summed E-state index contributed by atoms with van der Waals surface area (Å²) in [5.41, 5.74) is 3.50. The van der Waals surface area contributed by atoms with Gasteiger partial charge in [0.05, 0.1) is 6.42 Å². The first-order valence-electron chi connectivity index (χ1n) is 6.68. The number of fused-ring (bicyclic) bond motifs is 1. The number of amides is 1. The molecule has 0 atom stereocenters. The van der Waals surface area contributed by atoms with Crippen LogP contribution in [0.4, 0.5) is 5.69 Å². The predicted molar refractivity (Wildman–Crippen MR) is 77.2 cm³/mol. The zero-order valence-electron chi connectivity index (χ0n) is 11.8. The molecule has 1 amide bonds. The van der Waals surface area contributed by atoms with Gasteiger partial charge in [0.1, 0.15) is 5.82 Å². The van der Waals surface area contributed by atoms with Crippen LogP contribution in [0.1, 0.15) is 17.0 Å². The normalized spacial score (nSPS) is 14.3. The number of carbonyl (C=O) groups is 1. The Morgan fingerprint density at radius 2 is 2.10 bits per heavy atom. The maximum atomic E-state index is 12.0. The van der Waals surface area contributed by atoms with Crippen LogP contribution in [0.25, 0.3) is 0 Å². The van der Waals surface area contributed by atoms with E-state index in [2.05, 4.69) is 34.4 Å². The maximum absolute atomic E-state index is 12.0. The van der Waals surface area contributed by atoms with Gasteiger partial charge in [-0.2, -0.15) is 0 Å². The topological polar surface area (TPSA) is 50.2 Å². The second-order valence-electron chi connectivity index (χ2n) is 5.34. The molecule has 5 nitrogen and oxygen atoms in total. The molecule has 5 heteroatoms. The molecule has 3 rings (SSSR count). The molecule has 20 heavy (non-hydrogen) atoms. The molecule has 104 valence electrons. The fourth-order valence-corrected chi connectivity index (χ4v) is 2.56. The molecule has 2 heterocycles. The summed E-state index contributed by atoms with van der Waals surface area (Å²) in [6.45, 7) is 1.93. The quantitative estimate of drug-likeness (QED) is 0.920. The molecule has 1 aliphatic rings. The van der Waals surface area contributed by atoms with Crippen molar-refractivity contribution in [3.8, 4) is 0 Å². The van der Waals surface area contributed by atoms with E-state index < -0.39 is 0 Å². The molecule has 0 radical (unpaired) electrons. The first-order valence-corrected chi connectivity index (χ1v) is 6.68. The van der Waals surface area contributed by atoms with Gasteiger partial charge < -0.3 is 9.88 Å². The Hall–Kier alpha value is -2.14. The lowest BCUT2D eigenvalue weighted by Gasteiger charge is -2.07. The summed E-state index contributed by atoms with van der Waals surface area (Å²) in [6, 6.07) is 6.12. The standard InChI is InChI=1S/C15H18N4O/c1-18-9-11-3-4-13(7-12(11)10-18)17-15(20)8-14-16-5-6-19(14)2/h3-7H,8-10H2,1-2H3,(H,17,20). The van der Waals surface area contributed by atoms with Gasteiger partial charge in [-0.3, -0.25) is 9.69 Å². The lowest BCUT2D eigenvalue weighted by molar-refractivity contribution is -0.115. The van der Waals surface area contributed by atoms with Gasteiger partial charge in [0, 0.05) is 38.2 Å². The van der Waals surface area contributed by atoms with Crippen LogP contribution in [-0.2, 0) is 31.4 Å². The molecule has 0 aliphatic carbocycles. The van der Waals surface area contributed by atoms with Crippen LogP contribution in [0, 0.1) is 0 Å². The van der Waals surface area contributed by atoms with E-state index in [-0.39, 0.29) is 5.91 Å². The van der Waals surface area contributed by atoms with Gasteiger partial charge in [-0.15, -0.1) is 0 Å². The van der Waals surface area contributed by atoms with Crippen molar-refractivity contribution in [1.82, 2.24) is 14.5 Å². The average molecular weight is 270 g/mol. The molecule has 0 unspecified atom stereocenters. The number of carbonyl (C=O) groups excluding carboxylic acids is 1. The van der Waals surface area contributed by atoms with E-state index in [0.717, 1.165) is 24.6 Å². The Bertz CT molecular complexity index is 647. The molecule has 1 aromatic carbocycles. The highest BCUT2D eigenvalue weighted by molar-refractivity contribution is 5.92. The van der Waals surface area contributed by atoms with Gasteiger partial charge in [-0.05, 0) is 30.3 Å². The van der Waals surface area contributed by atoms with Crippen molar-refractivity contribution in [2.24, 2.45) is 7.05 Å². The second kappa shape index (κ2) is 5.09. The minimum atomic E-state index is -0.0365. The number of hydrogen-bond donors (Lipinski definition) is 1. The van der Waals surface area contributed by atoms with E-state index >= 15 is 0 Å². The van der Waals surface area contributed by atoms with E-state index in [1.54, 1.807) is 6.20 Å². The molecule has 0 saturated carbocycles. The largest absolute Gasteiger partial charge is 0.338 e. The van der Waals surface area contributed by atoms with Crippen molar-refractivity contribution in [3.05, 3.63) is 47.5 Å². The highest BCUT2D eigenvalue weighted by Crippen LogP contribution is 2.24. The van der Waals surface area contributed by atoms with Crippen molar-refractivity contribution in [1.29, 1.82) is 0 Å². The molecule has 0 bridgehead atoms. The van der Waals surface area contributed by atoms with E-state index in [4.69, 9.17) is 0 Å². The lowest BCUT2D eigenvalue weighted by atomic mass is 10.1.